The molecule has 2 nitrogen and oxygen atoms in total. The normalized spacial score (nSPS) is 21.4. The average molecular weight is 231 g/mol. The second kappa shape index (κ2) is 5.46. The topological polar surface area (TPSA) is 29.1 Å². The Labute approximate surface area is 103 Å². The molecule has 0 saturated carbocycles. The van der Waals surface area contributed by atoms with E-state index >= 15 is 0 Å². The van der Waals surface area contributed by atoms with Gasteiger partial charge in [-0.15, -0.1) is 0 Å². The first-order valence-corrected chi connectivity index (χ1v) is 6.57. The minimum absolute atomic E-state index is 0.185. The summed E-state index contributed by atoms with van der Waals surface area (Å²) in [5.74, 6) is 1.06. The Morgan fingerprint density at radius 1 is 1.41 bits per heavy atom. The summed E-state index contributed by atoms with van der Waals surface area (Å²) in [4.78, 5) is 12.2. The van der Waals surface area contributed by atoms with Crippen molar-refractivity contribution in [3.8, 4) is 0 Å². The standard InChI is InChI=1S/C15H21NO/c1-3-11(2)12-4-6-13(7-5-12)15(17)14-8-9-16-10-14/h4-7,11,14,16H,3,8-10H2,1-2H3. The minimum atomic E-state index is 0.185. The quantitative estimate of drug-likeness (QED) is 0.807. The van der Waals surface area contributed by atoms with Crippen molar-refractivity contribution in [2.75, 3.05) is 13.1 Å². The molecule has 1 aromatic rings. The van der Waals surface area contributed by atoms with Crippen molar-refractivity contribution in [3.05, 3.63) is 35.4 Å². The lowest BCUT2D eigenvalue weighted by Gasteiger charge is -2.11. The van der Waals surface area contributed by atoms with Crippen LogP contribution < -0.4 is 5.32 Å². The van der Waals surface area contributed by atoms with Gasteiger partial charge >= 0.3 is 0 Å². The summed E-state index contributed by atoms with van der Waals surface area (Å²) in [6.07, 6.45) is 2.12. The second-order valence-electron chi connectivity index (χ2n) is 4.99. The van der Waals surface area contributed by atoms with Gasteiger partial charge in [-0.3, -0.25) is 4.79 Å². The van der Waals surface area contributed by atoms with E-state index in [1.165, 1.54) is 5.56 Å². The Bertz CT molecular complexity index is 376. The summed E-state index contributed by atoms with van der Waals surface area (Å²) in [6, 6.07) is 8.18. The number of hydrogen-bond donors (Lipinski definition) is 1. The lowest BCUT2D eigenvalue weighted by atomic mass is 9.93. The van der Waals surface area contributed by atoms with E-state index in [1.807, 2.05) is 12.1 Å². The van der Waals surface area contributed by atoms with Crippen LogP contribution in [0.1, 0.15) is 48.5 Å². The van der Waals surface area contributed by atoms with E-state index in [2.05, 4.69) is 31.3 Å². The van der Waals surface area contributed by atoms with E-state index in [9.17, 15) is 4.79 Å². The zero-order valence-corrected chi connectivity index (χ0v) is 10.7. The van der Waals surface area contributed by atoms with E-state index in [0.717, 1.165) is 31.5 Å². The monoisotopic (exact) mass is 231 g/mol. The van der Waals surface area contributed by atoms with Crippen LogP contribution in [0.4, 0.5) is 0 Å². The van der Waals surface area contributed by atoms with Gasteiger partial charge in [0, 0.05) is 18.0 Å². The lowest BCUT2D eigenvalue weighted by Crippen LogP contribution is -2.17. The zero-order chi connectivity index (χ0) is 12.3. The Morgan fingerprint density at radius 2 is 2.12 bits per heavy atom. The number of benzene rings is 1. The maximum absolute atomic E-state index is 12.2. The number of rotatable bonds is 4. The van der Waals surface area contributed by atoms with Gasteiger partial charge in [0.15, 0.2) is 5.78 Å². The van der Waals surface area contributed by atoms with Gasteiger partial charge < -0.3 is 5.32 Å². The van der Waals surface area contributed by atoms with Crippen LogP contribution in [0.25, 0.3) is 0 Å². The predicted molar refractivity (Wildman–Crippen MR) is 70.5 cm³/mol. The predicted octanol–water partition coefficient (Wildman–Crippen LogP) is 2.99. The Morgan fingerprint density at radius 3 is 2.65 bits per heavy atom. The first kappa shape index (κ1) is 12.3. The lowest BCUT2D eigenvalue weighted by molar-refractivity contribution is 0.0930. The van der Waals surface area contributed by atoms with Gasteiger partial charge in [0.2, 0.25) is 0 Å². The number of Topliss-reactive ketones (excluding diaryl/α,β-unsaturated/α-hetero) is 1. The molecule has 1 heterocycles. The fourth-order valence-corrected chi connectivity index (χ4v) is 2.33. The van der Waals surface area contributed by atoms with Gasteiger partial charge in [-0.25, -0.2) is 0 Å². The van der Waals surface area contributed by atoms with Crippen LogP contribution in [0, 0.1) is 5.92 Å². The molecule has 2 atom stereocenters. The van der Waals surface area contributed by atoms with Crippen LogP contribution in [0.2, 0.25) is 0 Å². The molecule has 2 heteroatoms. The summed E-state index contributed by atoms with van der Waals surface area (Å²) in [7, 11) is 0. The molecule has 0 bridgehead atoms. The summed E-state index contributed by atoms with van der Waals surface area (Å²) >= 11 is 0. The highest BCUT2D eigenvalue weighted by molar-refractivity contribution is 5.98. The number of nitrogens with one attached hydrogen (secondary N) is 1. The molecule has 0 aliphatic carbocycles. The molecule has 2 unspecified atom stereocenters. The number of carbonyl (C=O) groups excluding carboxylic acids is 1. The highest BCUT2D eigenvalue weighted by atomic mass is 16.1. The third-order valence-electron chi connectivity index (χ3n) is 3.81. The summed E-state index contributed by atoms with van der Waals surface area (Å²) < 4.78 is 0. The Balaban J connectivity index is 2.09. The van der Waals surface area contributed by atoms with Crippen LogP contribution in [-0.4, -0.2) is 18.9 Å². The van der Waals surface area contributed by atoms with E-state index in [1.54, 1.807) is 0 Å². The fourth-order valence-electron chi connectivity index (χ4n) is 2.33. The van der Waals surface area contributed by atoms with Gasteiger partial charge in [0.05, 0.1) is 0 Å². The van der Waals surface area contributed by atoms with Crippen LogP contribution in [0.3, 0.4) is 0 Å². The summed E-state index contributed by atoms with van der Waals surface area (Å²) in [6.45, 7) is 6.22. The number of hydrogen-bond acceptors (Lipinski definition) is 2. The van der Waals surface area contributed by atoms with Crippen molar-refractivity contribution in [3.63, 3.8) is 0 Å². The smallest absolute Gasteiger partial charge is 0.167 e. The van der Waals surface area contributed by atoms with Crippen molar-refractivity contribution in [2.45, 2.75) is 32.6 Å². The number of ketones is 1. The first-order valence-electron chi connectivity index (χ1n) is 6.57. The molecule has 0 amide bonds. The van der Waals surface area contributed by atoms with Crippen molar-refractivity contribution in [1.29, 1.82) is 0 Å². The molecule has 1 aliphatic heterocycles. The third-order valence-corrected chi connectivity index (χ3v) is 3.81. The van der Waals surface area contributed by atoms with Crippen molar-refractivity contribution in [1.82, 2.24) is 5.32 Å². The molecule has 1 aliphatic rings. The summed E-state index contributed by atoms with van der Waals surface area (Å²) in [5, 5.41) is 3.24. The van der Waals surface area contributed by atoms with Crippen molar-refractivity contribution >= 4 is 5.78 Å². The fraction of sp³-hybridized carbons (Fsp3) is 0.533. The first-order chi connectivity index (χ1) is 8.22. The molecule has 0 aromatic heterocycles. The molecule has 1 saturated heterocycles. The molecule has 1 N–H and O–H groups in total. The van der Waals surface area contributed by atoms with Gasteiger partial charge in [0.1, 0.15) is 0 Å². The molecule has 1 fully saturated rings. The Hall–Kier alpha value is -1.15. The maximum Gasteiger partial charge on any atom is 0.167 e. The van der Waals surface area contributed by atoms with Crippen LogP contribution in [0.15, 0.2) is 24.3 Å². The second-order valence-corrected chi connectivity index (χ2v) is 4.99. The van der Waals surface area contributed by atoms with E-state index < -0.39 is 0 Å². The maximum atomic E-state index is 12.2. The zero-order valence-electron chi connectivity index (χ0n) is 10.7. The molecule has 17 heavy (non-hydrogen) atoms. The SMILES string of the molecule is CCC(C)c1ccc(C(=O)C2CCNC2)cc1. The van der Waals surface area contributed by atoms with E-state index in [4.69, 9.17) is 0 Å². The molecular weight excluding hydrogens is 210 g/mol. The van der Waals surface area contributed by atoms with Crippen LogP contribution >= 0.6 is 0 Å². The van der Waals surface area contributed by atoms with Crippen molar-refractivity contribution < 1.29 is 4.79 Å². The van der Waals surface area contributed by atoms with E-state index in [0.29, 0.717) is 11.7 Å². The molecule has 92 valence electrons. The molecule has 0 spiro atoms. The highest BCUT2D eigenvalue weighted by Crippen LogP contribution is 2.21. The summed E-state index contributed by atoms with van der Waals surface area (Å²) in [5.41, 5.74) is 2.19. The molecule has 0 radical (unpaired) electrons. The minimum Gasteiger partial charge on any atom is -0.316 e. The van der Waals surface area contributed by atoms with Crippen molar-refractivity contribution in [2.24, 2.45) is 5.92 Å². The van der Waals surface area contributed by atoms with Gasteiger partial charge in [-0.1, -0.05) is 38.1 Å². The molecule has 2 rings (SSSR count). The molecule has 1 aromatic carbocycles. The van der Waals surface area contributed by atoms with Gasteiger partial charge in [-0.2, -0.15) is 0 Å². The van der Waals surface area contributed by atoms with Gasteiger partial charge in [0.25, 0.3) is 0 Å². The highest BCUT2D eigenvalue weighted by Gasteiger charge is 2.23. The molecular formula is C15H21NO. The third kappa shape index (κ3) is 2.75. The average Bonchev–Trinajstić information content (AvgIpc) is 2.91. The largest absolute Gasteiger partial charge is 0.316 e. The van der Waals surface area contributed by atoms with Gasteiger partial charge in [-0.05, 0) is 30.9 Å². The van der Waals surface area contributed by atoms with Crippen LogP contribution in [0.5, 0.6) is 0 Å². The van der Waals surface area contributed by atoms with E-state index in [-0.39, 0.29) is 5.92 Å². The number of carbonyl (C=O) groups is 1. The Kier molecular flexibility index (Phi) is 3.95. The van der Waals surface area contributed by atoms with Crippen LogP contribution in [-0.2, 0) is 0 Å².